The van der Waals surface area contributed by atoms with Crippen LogP contribution >= 0.6 is 0 Å². The molecule has 0 saturated heterocycles. The third kappa shape index (κ3) is 4.13. The Morgan fingerprint density at radius 2 is 2.29 bits per heavy atom. The van der Waals surface area contributed by atoms with Gasteiger partial charge in [0.15, 0.2) is 0 Å². The summed E-state index contributed by atoms with van der Waals surface area (Å²) in [5, 5.41) is 21.0. The largest absolute Gasteiger partial charge is 0.389 e. The third-order valence-electron chi connectivity index (χ3n) is 2.92. The number of rotatable bonds is 7. The fourth-order valence-electron chi connectivity index (χ4n) is 1.83. The summed E-state index contributed by atoms with van der Waals surface area (Å²) in [5.41, 5.74) is 1.07. The molecule has 21 heavy (non-hydrogen) atoms. The Kier molecular flexibility index (Phi) is 4.64. The molecule has 2 aromatic heterocycles. The van der Waals surface area contributed by atoms with Crippen molar-refractivity contribution in [3.63, 3.8) is 0 Å². The Labute approximate surface area is 120 Å². The standard InChI is InChI=1S/C12H16N6O3/c1-10-3-6-14-17(10)7-2-5-13-12(19)9-16-8-4-11(15-16)18(20)21/h3-4,6,8H,2,5,7,9H2,1H3,(H,13,19). The van der Waals surface area contributed by atoms with E-state index in [2.05, 4.69) is 15.5 Å². The summed E-state index contributed by atoms with van der Waals surface area (Å²) < 4.78 is 3.11. The second-order valence-corrected chi connectivity index (χ2v) is 4.53. The van der Waals surface area contributed by atoms with E-state index in [0.717, 1.165) is 18.7 Å². The van der Waals surface area contributed by atoms with Gasteiger partial charge < -0.3 is 15.4 Å². The van der Waals surface area contributed by atoms with Gasteiger partial charge in [-0.05, 0) is 24.3 Å². The van der Waals surface area contributed by atoms with Gasteiger partial charge in [0.2, 0.25) is 5.91 Å². The Balaban J connectivity index is 1.70. The summed E-state index contributed by atoms with van der Waals surface area (Å²) in [6.45, 7) is 3.18. The SMILES string of the molecule is Cc1ccnn1CCCNC(=O)Cn1ccc([N+](=O)[O-])n1. The number of aromatic nitrogens is 4. The van der Waals surface area contributed by atoms with Crippen LogP contribution in [-0.4, -0.2) is 36.9 Å². The number of hydrogen-bond donors (Lipinski definition) is 1. The van der Waals surface area contributed by atoms with Gasteiger partial charge in [-0.2, -0.15) is 9.78 Å². The molecule has 112 valence electrons. The molecule has 9 nitrogen and oxygen atoms in total. The molecule has 9 heteroatoms. The van der Waals surface area contributed by atoms with Crippen molar-refractivity contribution in [1.29, 1.82) is 0 Å². The Bertz CT molecular complexity index is 632. The van der Waals surface area contributed by atoms with E-state index in [9.17, 15) is 14.9 Å². The average Bonchev–Trinajstić information content (AvgIpc) is 3.04. The number of amides is 1. The molecule has 2 aromatic rings. The van der Waals surface area contributed by atoms with E-state index in [1.807, 2.05) is 17.7 Å². The van der Waals surface area contributed by atoms with E-state index in [1.54, 1.807) is 6.20 Å². The fraction of sp³-hybridized carbons (Fsp3) is 0.417. The number of nitrogens with one attached hydrogen (secondary N) is 1. The number of carbonyl (C=O) groups is 1. The van der Waals surface area contributed by atoms with Crippen molar-refractivity contribution in [3.05, 3.63) is 40.3 Å². The molecule has 0 unspecified atom stereocenters. The quantitative estimate of drug-likeness (QED) is 0.454. The summed E-state index contributed by atoms with van der Waals surface area (Å²) >= 11 is 0. The van der Waals surface area contributed by atoms with Crippen LogP contribution in [0.1, 0.15) is 12.1 Å². The maximum absolute atomic E-state index is 11.7. The van der Waals surface area contributed by atoms with Gasteiger partial charge in [0, 0.05) is 25.0 Å². The number of aryl methyl sites for hydroxylation is 2. The van der Waals surface area contributed by atoms with Crippen LogP contribution in [0.2, 0.25) is 0 Å². The molecule has 0 aliphatic carbocycles. The molecule has 0 aromatic carbocycles. The third-order valence-corrected chi connectivity index (χ3v) is 2.92. The van der Waals surface area contributed by atoms with Crippen LogP contribution in [0, 0.1) is 17.0 Å². The summed E-state index contributed by atoms with van der Waals surface area (Å²) in [5.74, 6) is -0.498. The van der Waals surface area contributed by atoms with Gasteiger partial charge in [-0.25, -0.2) is 0 Å². The van der Waals surface area contributed by atoms with Crippen molar-refractivity contribution >= 4 is 11.7 Å². The van der Waals surface area contributed by atoms with Crippen LogP contribution in [0.15, 0.2) is 24.5 Å². The highest BCUT2D eigenvalue weighted by Gasteiger charge is 2.12. The summed E-state index contributed by atoms with van der Waals surface area (Å²) in [4.78, 5) is 21.5. The summed E-state index contributed by atoms with van der Waals surface area (Å²) in [7, 11) is 0. The van der Waals surface area contributed by atoms with Gasteiger partial charge in [-0.3, -0.25) is 9.48 Å². The van der Waals surface area contributed by atoms with E-state index in [0.29, 0.717) is 6.54 Å². The van der Waals surface area contributed by atoms with E-state index in [1.165, 1.54) is 16.9 Å². The Morgan fingerprint density at radius 1 is 1.48 bits per heavy atom. The van der Waals surface area contributed by atoms with Crippen LogP contribution < -0.4 is 5.32 Å². The van der Waals surface area contributed by atoms with Crippen molar-refractivity contribution in [2.75, 3.05) is 6.54 Å². The molecular formula is C12H16N6O3. The van der Waals surface area contributed by atoms with Crippen molar-refractivity contribution in [2.45, 2.75) is 26.4 Å². The number of nitro groups is 1. The second-order valence-electron chi connectivity index (χ2n) is 4.53. The number of carbonyl (C=O) groups excluding carboxylic acids is 1. The molecule has 2 rings (SSSR count). The van der Waals surface area contributed by atoms with E-state index >= 15 is 0 Å². The molecule has 0 aliphatic rings. The van der Waals surface area contributed by atoms with Gasteiger partial charge in [0.05, 0.1) is 17.4 Å². The van der Waals surface area contributed by atoms with Crippen molar-refractivity contribution in [3.8, 4) is 0 Å². The zero-order valence-corrected chi connectivity index (χ0v) is 11.6. The number of nitrogens with zero attached hydrogens (tertiary/aromatic N) is 5. The van der Waals surface area contributed by atoms with Crippen LogP contribution in [0.3, 0.4) is 0 Å². The molecule has 0 fully saturated rings. The normalized spacial score (nSPS) is 10.5. The predicted octanol–water partition coefficient (Wildman–Crippen LogP) is 0.503. The molecule has 0 saturated carbocycles. The monoisotopic (exact) mass is 292 g/mol. The maximum atomic E-state index is 11.7. The Morgan fingerprint density at radius 3 is 2.90 bits per heavy atom. The minimum atomic E-state index is -0.596. The van der Waals surface area contributed by atoms with Crippen LogP contribution in [0.25, 0.3) is 0 Å². The first-order valence-electron chi connectivity index (χ1n) is 6.49. The smallest absolute Gasteiger partial charge is 0.358 e. The molecule has 1 N–H and O–H groups in total. The lowest BCUT2D eigenvalue weighted by molar-refractivity contribution is -0.389. The first-order valence-corrected chi connectivity index (χ1v) is 6.49. The molecule has 2 heterocycles. The van der Waals surface area contributed by atoms with E-state index in [4.69, 9.17) is 0 Å². The van der Waals surface area contributed by atoms with Gasteiger partial charge in [0.1, 0.15) is 6.54 Å². The highest BCUT2D eigenvalue weighted by Crippen LogP contribution is 2.04. The van der Waals surface area contributed by atoms with Crippen LogP contribution in [-0.2, 0) is 17.9 Å². The lowest BCUT2D eigenvalue weighted by Crippen LogP contribution is -2.29. The van der Waals surface area contributed by atoms with Crippen molar-refractivity contribution in [2.24, 2.45) is 0 Å². The van der Waals surface area contributed by atoms with Gasteiger partial charge in [-0.1, -0.05) is 0 Å². The van der Waals surface area contributed by atoms with E-state index in [-0.39, 0.29) is 18.3 Å². The average molecular weight is 292 g/mol. The molecule has 0 radical (unpaired) electrons. The van der Waals surface area contributed by atoms with Crippen molar-refractivity contribution in [1.82, 2.24) is 24.9 Å². The van der Waals surface area contributed by atoms with E-state index < -0.39 is 4.92 Å². The first-order chi connectivity index (χ1) is 10.1. The number of hydrogen-bond acceptors (Lipinski definition) is 5. The summed E-state index contributed by atoms with van der Waals surface area (Å²) in [6, 6.07) is 3.18. The highest BCUT2D eigenvalue weighted by molar-refractivity contribution is 5.75. The summed E-state index contributed by atoms with van der Waals surface area (Å²) in [6.07, 6.45) is 3.90. The van der Waals surface area contributed by atoms with Gasteiger partial charge in [0.25, 0.3) is 0 Å². The predicted molar refractivity (Wildman–Crippen MR) is 73.5 cm³/mol. The zero-order chi connectivity index (χ0) is 15.2. The molecular weight excluding hydrogens is 276 g/mol. The minimum absolute atomic E-state index is 0.0331. The highest BCUT2D eigenvalue weighted by atomic mass is 16.6. The Hall–Kier alpha value is -2.71. The van der Waals surface area contributed by atoms with Crippen molar-refractivity contribution < 1.29 is 9.72 Å². The maximum Gasteiger partial charge on any atom is 0.389 e. The lowest BCUT2D eigenvalue weighted by atomic mass is 10.4. The van der Waals surface area contributed by atoms with Crippen LogP contribution in [0.4, 0.5) is 5.82 Å². The molecule has 0 bridgehead atoms. The molecule has 0 aliphatic heterocycles. The zero-order valence-electron chi connectivity index (χ0n) is 11.6. The topological polar surface area (TPSA) is 108 Å². The minimum Gasteiger partial charge on any atom is -0.358 e. The van der Waals surface area contributed by atoms with Gasteiger partial charge in [-0.15, -0.1) is 0 Å². The lowest BCUT2D eigenvalue weighted by Gasteiger charge is -2.06. The van der Waals surface area contributed by atoms with Gasteiger partial charge >= 0.3 is 5.82 Å². The molecule has 0 spiro atoms. The molecule has 1 amide bonds. The first kappa shape index (κ1) is 14.7. The fourth-order valence-corrected chi connectivity index (χ4v) is 1.83. The molecule has 0 atom stereocenters. The second kappa shape index (κ2) is 6.64. The van der Waals surface area contributed by atoms with Crippen LogP contribution in [0.5, 0.6) is 0 Å².